The summed E-state index contributed by atoms with van der Waals surface area (Å²) >= 11 is 3.48. The smallest absolute Gasteiger partial charge is 0.120 e. The molecule has 2 heteroatoms. The summed E-state index contributed by atoms with van der Waals surface area (Å²) in [7, 11) is 0. The van der Waals surface area contributed by atoms with Crippen molar-refractivity contribution in [3.05, 3.63) is 29.8 Å². The summed E-state index contributed by atoms with van der Waals surface area (Å²) in [4.78, 5) is 0. The first-order valence-electron chi connectivity index (χ1n) is 4.56. The molecule has 0 saturated heterocycles. The van der Waals surface area contributed by atoms with Crippen LogP contribution in [0, 0.1) is 6.92 Å². The van der Waals surface area contributed by atoms with E-state index in [4.69, 9.17) is 4.74 Å². The van der Waals surface area contributed by atoms with Crippen molar-refractivity contribution in [2.75, 3.05) is 5.33 Å². The van der Waals surface area contributed by atoms with Crippen molar-refractivity contribution in [2.24, 2.45) is 0 Å². The predicted molar refractivity (Wildman–Crippen MR) is 57.6 cm³/mol. The Hall–Kier alpha value is -0.500. The van der Waals surface area contributed by atoms with E-state index in [9.17, 15) is 0 Å². The molecule has 0 spiro atoms. The molecule has 0 bridgehead atoms. The maximum absolute atomic E-state index is 5.90. The first-order valence-corrected chi connectivity index (χ1v) is 5.68. The lowest BCUT2D eigenvalue weighted by molar-refractivity contribution is 0.206. The van der Waals surface area contributed by atoms with E-state index >= 15 is 0 Å². The maximum Gasteiger partial charge on any atom is 0.120 e. The van der Waals surface area contributed by atoms with Gasteiger partial charge in [-0.1, -0.05) is 28.1 Å². The summed E-state index contributed by atoms with van der Waals surface area (Å²) in [6.07, 6.45) is 2.35. The Bertz CT molecular complexity index is 305. The Morgan fingerprint density at radius 2 is 2.23 bits per heavy atom. The van der Waals surface area contributed by atoms with Gasteiger partial charge in [0.1, 0.15) is 11.4 Å². The zero-order valence-corrected chi connectivity index (χ0v) is 9.30. The number of benzene rings is 1. The van der Waals surface area contributed by atoms with Crippen LogP contribution in [-0.2, 0) is 0 Å². The molecule has 1 aliphatic rings. The summed E-state index contributed by atoms with van der Waals surface area (Å²) in [6, 6.07) is 8.23. The summed E-state index contributed by atoms with van der Waals surface area (Å²) in [5.41, 5.74) is 1.36. The molecule has 13 heavy (non-hydrogen) atoms. The van der Waals surface area contributed by atoms with Crippen LogP contribution in [0.1, 0.15) is 18.4 Å². The van der Waals surface area contributed by atoms with E-state index in [1.54, 1.807) is 0 Å². The molecule has 1 saturated carbocycles. The zero-order valence-electron chi connectivity index (χ0n) is 7.72. The van der Waals surface area contributed by atoms with Crippen LogP contribution in [0.3, 0.4) is 0 Å². The molecule has 1 aromatic carbocycles. The maximum atomic E-state index is 5.90. The first-order chi connectivity index (χ1) is 6.24. The molecule has 1 aromatic rings. The fourth-order valence-electron chi connectivity index (χ4n) is 1.33. The van der Waals surface area contributed by atoms with Gasteiger partial charge in [0.2, 0.25) is 0 Å². The number of halogens is 1. The molecule has 0 aliphatic heterocycles. The van der Waals surface area contributed by atoms with Crippen LogP contribution in [-0.4, -0.2) is 10.9 Å². The van der Waals surface area contributed by atoms with E-state index in [0.717, 1.165) is 11.1 Å². The van der Waals surface area contributed by atoms with Crippen LogP contribution >= 0.6 is 15.9 Å². The van der Waals surface area contributed by atoms with E-state index in [0.29, 0.717) is 0 Å². The highest BCUT2D eigenvalue weighted by atomic mass is 79.9. The third-order valence-corrected chi connectivity index (χ3v) is 3.40. The Labute approximate surface area is 87.2 Å². The topological polar surface area (TPSA) is 9.23 Å². The molecule has 0 amide bonds. The van der Waals surface area contributed by atoms with Crippen LogP contribution in [0.25, 0.3) is 0 Å². The predicted octanol–water partition coefficient (Wildman–Crippen LogP) is 3.30. The highest BCUT2D eigenvalue weighted by Gasteiger charge is 2.44. The fraction of sp³-hybridized carbons (Fsp3) is 0.455. The van der Waals surface area contributed by atoms with Gasteiger partial charge < -0.3 is 4.74 Å². The summed E-state index contributed by atoms with van der Waals surface area (Å²) in [5.74, 6) is 0.997. The van der Waals surface area contributed by atoms with Gasteiger partial charge in [-0.2, -0.15) is 0 Å². The molecule has 1 aliphatic carbocycles. The van der Waals surface area contributed by atoms with Gasteiger partial charge in [-0.05, 0) is 37.5 Å². The van der Waals surface area contributed by atoms with Crippen LogP contribution in [0.5, 0.6) is 5.75 Å². The molecule has 70 valence electrons. The molecule has 0 heterocycles. The molecule has 1 fully saturated rings. The first kappa shape index (κ1) is 9.07. The average molecular weight is 241 g/mol. The number of aryl methyl sites for hydroxylation is 1. The van der Waals surface area contributed by atoms with Gasteiger partial charge in [0.25, 0.3) is 0 Å². The van der Waals surface area contributed by atoms with Gasteiger partial charge in [0.05, 0.1) is 0 Å². The standard InChI is InChI=1S/C11H13BrO/c1-9-3-2-4-10(7-9)13-11(8-12)5-6-11/h2-4,7H,5-6,8H2,1H3. The van der Waals surface area contributed by atoms with Crippen LogP contribution < -0.4 is 4.74 Å². The molecule has 0 atom stereocenters. The Balaban J connectivity index is 2.09. The minimum Gasteiger partial charge on any atom is -0.486 e. The van der Waals surface area contributed by atoms with E-state index in [2.05, 4.69) is 35.0 Å². The molecule has 2 rings (SSSR count). The fourth-order valence-corrected chi connectivity index (χ4v) is 2.01. The van der Waals surface area contributed by atoms with Crippen molar-refractivity contribution in [1.82, 2.24) is 0 Å². The van der Waals surface area contributed by atoms with Crippen LogP contribution in [0.4, 0.5) is 0 Å². The molecule has 1 nitrogen and oxygen atoms in total. The number of hydrogen-bond acceptors (Lipinski definition) is 1. The monoisotopic (exact) mass is 240 g/mol. The lowest BCUT2D eigenvalue weighted by Crippen LogP contribution is -2.19. The lowest BCUT2D eigenvalue weighted by Gasteiger charge is -2.15. The van der Waals surface area contributed by atoms with Gasteiger partial charge >= 0.3 is 0 Å². The molecular formula is C11H13BrO. The van der Waals surface area contributed by atoms with Crippen LogP contribution in [0.15, 0.2) is 24.3 Å². The number of hydrogen-bond donors (Lipinski definition) is 0. The van der Waals surface area contributed by atoms with Crippen molar-refractivity contribution < 1.29 is 4.74 Å². The van der Waals surface area contributed by atoms with E-state index < -0.39 is 0 Å². The minimum atomic E-state index is 0.105. The SMILES string of the molecule is Cc1cccc(OC2(CBr)CC2)c1. The van der Waals surface area contributed by atoms with Gasteiger partial charge in [-0.3, -0.25) is 0 Å². The Morgan fingerprint density at radius 1 is 1.46 bits per heavy atom. The number of rotatable bonds is 3. The highest BCUT2D eigenvalue weighted by molar-refractivity contribution is 9.09. The second kappa shape index (κ2) is 3.33. The Kier molecular flexibility index (Phi) is 2.33. The second-order valence-corrected chi connectivity index (χ2v) is 4.30. The quantitative estimate of drug-likeness (QED) is 0.738. The molecule has 0 unspecified atom stereocenters. The van der Waals surface area contributed by atoms with Crippen molar-refractivity contribution in [3.63, 3.8) is 0 Å². The summed E-state index contributed by atoms with van der Waals surface area (Å²) < 4.78 is 5.90. The molecule has 0 aromatic heterocycles. The third kappa shape index (κ3) is 2.05. The van der Waals surface area contributed by atoms with E-state index in [-0.39, 0.29) is 5.60 Å². The molecule has 0 N–H and O–H groups in total. The van der Waals surface area contributed by atoms with Crippen molar-refractivity contribution in [2.45, 2.75) is 25.4 Å². The molecular weight excluding hydrogens is 228 g/mol. The normalized spacial score (nSPS) is 18.3. The van der Waals surface area contributed by atoms with Gasteiger partial charge in [-0.15, -0.1) is 0 Å². The largest absolute Gasteiger partial charge is 0.486 e. The second-order valence-electron chi connectivity index (χ2n) is 3.74. The summed E-state index contributed by atoms with van der Waals surface area (Å²) in [6.45, 7) is 2.08. The Morgan fingerprint density at radius 3 is 2.77 bits per heavy atom. The molecule has 0 radical (unpaired) electrons. The van der Waals surface area contributed by atoms with Gasteiger partial charge in [0.15, 0.2) is 0 Å². The average Bonchev–Trinajstić information content (AvgIpc) is 2.86. The van der Waals surface area contributed by atoms with Crippen molar-refractivity contribution in [3.8, 4) is 5.75 Å². The third-order valence-electron chi connectivity index (χ3n) is 2.38. The van der Waals surface area contributed by atoms with E-state index in [1.165, 1.54) is 18.4 Å². The van der Waals surface area contributed by atoms with Gasteiger partial charge in [-0.25, -0.2) is 0 Å². The number of alkyl halides is 1. The minimum absolute atomic E-state index is 0.105. The van der Waals surface area contributed by atoms with Crippen LogP contribution in [0.2, 0.25) is 0 Å². The highest BCUT2D eigenvalue weighted by Crippen LogP contribution is 2.41. The zero-order chi connectivity index (χ0) is 9.31. The number of ether oxygens (including phenoxy) is 1. The van der Waals surface area contributed by atoms with Crippen molar-refractivity contribution >= 4 is 15.9 Å². The van der Waals surface area contributed by atoms with Gasteiger partial charge in [0, 0.05) is 5.33 Å². The summed E-state index contributed by atoms with van der Waals surface area (Å²) in [5, 5.41) is 0.938. The van der Waals surface area contributed by atoms with E-state index in [1.807, 2.05) is 12.1 Å². The lowest BCUT2D eigenvalue weighted by atomic mass is 10.2. The van der Waals surface area contributed by atoms with Crippen molar-refractivity contribution in [1.29, 1.82) is 0 Å².